The Morgan fingerprint density at radius 1 is 1.38 bits per heavy atom. The van der Waals surface area contributed by atoms with E-state index in [1.165, 1.54) is 4.90 Å². The zero-order chi connectivity index (χ0) is 21.2. The summed E-state index contributed by atoms with van der Waals surface area (Å²) in [6, 6.07) is 6.76. The Hall–Kier alpha value is -2.33. The molecule has 0 bridgehead atoms. The number of nitrogens with zero attached hydrogens (tertiary/aromatic N) is 2. The van der Waals surface area contributed by atoms with Crippen molar-refractivity contribution in [1.29, 1.82) is 0 Å². The average molecular weight is 439 g/mol. The van der Waals surface area contributed by atoms with Crippen molar-refractivity contribution in [1.82, 2.24) is 9.80 Å². The topological polar surface area (TPSA) is 101 Å². The summed E-state index contributed by atoms with van der Waals surface area (Å²) < 4.78 is 28.3. The van der Waals surface area contributed by atoms with Crippen LogP contribution >= 0.6 is 11.8 Å². The summed E-state index contributed by atoms with van der Waals surface area (Å²) in [4.78, 5) is 40.0. The van der Waals surface area contributed by atoms with Gasteiger partial charge in [0.15, 0.2) is 9.84 Å². The fraction of sp³-hybridized carbons (Fsp3) is 0.421. The predicted octanol–water partition coefficient (Wildman–Crippen LogP) is 1.77. The van der Waals surface area contributed by atoms with Crippen LogP contribution in [0.2, 0.25) is 0 Å². The van der Waals surface area contributed by atoms with Gasteiger partial charge in [-0.3, -0.25) is 19.3 Å². The van der Waals surface area contributed by atoms with E-state index in [-0.39, 0.29) is 41.3 Å². The Bertz CT molecular complexity index is 973. The molecule has 0 unspecified atom stereocenters. The van der Waals surface area contributed by atoms with Crippen LogP contribution in [0.25, 0.3) is 6.08 Å². The number of thioether (sulfide) groups is 1. The maximum Gasteiger partial charge on any atom is 0.293 e. The summed E-state index contributed by atoms with van der Waals surface area (Å²) in [7, 11) is 0.00697. The van der Waals surface area contributed by atoms with E-state index in [1.54, 1.807) is 44.5 Å². The second-order valence-electron chi connectivity index (χ2n) is 6.92. The van der Waals surface area contributed by atoms with Crippen molar-refractivity contribution in [3.63, 3.8) is 0 Å². The van der Waals surface area contributed by atoms with Gasteiger partial charge in [-0.25, -0.2) is 8.42 Å². The van der Waals surface area contributed by atoms with Gasteiger partial charge >= 0.3 is 0 Å². The van der Waals surface area contributed by atoms with Crippen LogP contribution < -0.4 is 4.74 Å². The first-order valence-electron chi connectivity index (χ1n) is 9.05. The molecule has 0 spiro atoms. The van der Waals surface area contributed by atoms with Crippen LogP contribution in [-0.2, 0) is 19.4 Å². The van der Waals surface area contributed by atoms with Crippen molar-refractivity contribution < 1.29 is 27.5 Å². The van der Waals surface area contributed by atoms with Gasteiger partial charge in [0.25, 0.3) is 11.1 Å². The summed E-state index contributed by atoms with van der Waals surface area (Å²) in [6.07, 6.45) is 1.98. The molecule has 1 atom stereocenters. The highest BCUT2D eigenvalue weighted by Gasteiger charge is 2.36. The fourth-order valence-corrected chi connectivity index (χ4v) is 5.88. The van der Waals surface area contributed by atoms with Gasteiger partial charge in [0.2, 0.25) is 5.91 Å². The van der Waals surface area contributed by atoms with Gasteiger partial charge in [-0.05, 0) is 42.0 Å². The van der Waals surface area contributed by atoms with Crippen LogP contribution in [0.1, 0.15) is 18.4 Å². The Morgan fingerprint density at radius 2 is 2.14 bits per heavy atom. The first kappa shape index (κ1) is 21.4. The number of hydrogen-bond acceptors (Lipinski definition) is 7. The molecule has 156 valence electrons. The Kier molecular flexibility index (Phi) is 6.33. The highest BCUT2D eigenvalue weighted by atomic mass is 32.2. The van der Waals surface area contributed by atoms with Crippen molar-refractivity contribution in [3.8, 4) is 5.75 Å². The first-order chi connectivity index (χ1) is 13.7. The second-order valence-corrected chi connectivity index (χ2v) is 10.1. The third-order valence-electron chi connectivity index (χ3n) is 4.96. The molecule has 2 saturated heterocycles. The van der Waals surface area contributed by atoms with Crippen molar-refractivity contribution in [2.75, 3.05) is 32.2 Å². The Labute approximate surface area is 173 Å². The molecule has 3 rings (SSSR count). The summed E-state index contributed by atoms with van der Waals surface area (Å²) in [5.74, 6) is -0.0572. The smallest absolute Gasteiger partial charge is 0.293 e. The molecule has 2 fully saturated rings. The summed E-state index contributed by atoms with van der Waals surface area (Å²) in [6.45, 7) is -0.0389. The number of hydrogen-bond donors (Lipinski definition) is 0. The van der Waals surface area contributed by atoms with E-state index in [2.05, 4.69) is 0 Å². The van der Waals surface area contributed by atoms with E-state index in [0.29, 0.717) is 12.2 Å². The van der Waals surface area contributed by atoms with E-state index >= 15 is 0 Å². The highest BCUT2D eigenvalue weighted by molar-refractivity contribution is 8.18. The number of imide groups is 1. The van der Waals surface area contributed by atoms with Gasteiger partial charge in [0.1, 0.15) is 5.75 Å². The van der Waals surface area contributed by atoms with Gasteiger partial charge < -0.3 is 9.64 Å². The quantitative estimate of drug-likeness (QED) is 0.624. The molecular weight excluding hydrogens is 416 g/mol. The third kappa shape index (κ3) is 4.99. The lowest BCUT2D eigenvalue weighted by Gasteiger charge is -2.24. The number of carbonyl (C=O) groups is 3. The molecule has 0 aromatic heterocycles. The molecule has 0 N–H and O–H groups in total. The summed E-state index contributed by atoms with van der Waals surface area (Å²) in [5, 5.41) is -0.428. The third-order valence-corrected chi connectivity index (χ3v) is 7.62. The van der Waals surface area contributed by atoms with E-state index < -0.39 is 21.0 Å². The molecule has 1 aromatic carbocycles. The van der Waals surface area contributed by atoms with Gasteiger partial charge in [-0.2, -0.15) is 0 Å². The molecule has 0 radical (unpaired) electrons. The zero-order valence-electron chi connectivity index (χ0n) is 16.2. The molecule has 2 heterocycles. The first-order valence-corrected chi connectivity index (χ1v) is 11.7. The second kappa shape index (κ2) is 8.58. The lowest BCUT2D eigenvalue weighted by atomic mass is 10.2. The fourth-order valence-electron chi connectivity index (χ4n) is 3.24. The molecule has 29 heavy (non-hydrogen) atoms. The number of carbonyl (C=O) groups excluding carboxylic acids is 3. The standard InChI is InChI=1S/C19H22N2O6S2/c1-20(14-7-9-29(25,26)12-14)17(22)6-8-21-18(23)16(28-19(21)24)11-13-4-3-5-15(10-13)27-2/h3-5,10-11,14H,6-9,12H2,1-2H3/b16-11+/t14-/m0/s1. The van der Waals surface area contributed by atoms with Crippen LogP contribution in [0.3, 0.4) is 0 Å². The zero-order valence-corrected chi connectivity index (χ0v) is 17.8. The van der Waals surface area contributed by atoms with Crippen LogP contribution in [0.4, 0.5) is 4.79 Å². The molecule has 0 aliphatic carbocycles. The molecule has 3 amide bonds. The van der Waals surface area contributed by atoms with E-state index in [0.717, 1.165) is 22.2 Å². The van der Waals surface area contributed by atoms with Gasteiger partial charge in [-0.15, -0.1) is 0 Å². The SMILES string of the molecule is COc1cccc(/C=C2/SC(=O)N(CCC(=O)N(C)[C@H]3CCS(=O)(=O)C3)C2=O)c1. The van der Waals surface area contributed by atoms with Crippen LogP contribution in [-0.4, -0.2) is 73.5 Å². The molecule has 0 saturated carbocycles. The maximum absolute atomic E-state index is 12.6. The van der Waals surface area contributed by atoms with Gasteiger partial charge in [0, 0.05) is 26.1 Å². The van der Waals surface area contributed by atoms with Crippen LogP contribution in [0.15, 0.2) is 29.2 Å². The monoisotopic (exact) mass is 438 g/mol. The number of benzene rings is 1. The number of rotatable bonds is 6. The number of amides is 3. The largest absolute Gasteiger partial charge is 0.497 e. The van der Waals surface area contributed by atoms with Crippen molar-refractivity contribution >= 4 is 44.7 Å². The minimum absolute atomic E-state index is 0.0389. The number of methoxy groups -OCH3 is 1. The minimum atomic E-state index is -3.10. The average Bonchev–Trinajstić information content (AvgIpc) is 3.18. The van der Waals surface area contributed by atoms with Crippen molar-refractivity contribution in [3.05, 3.63) is 34.7 Å². The Morgan fingerprint density at radius 3 is 2.79 bits per heavy atom. The molecule has 1 aromatic rings. The normalized spacial score (nSPS) is 22.3. The van der Waals surface area contributed by atoms with Crippen molar-refractivity contribution in [2.45, 2.75) is 18.9 Å². The number of ether oxygens (including phenoxy) is 1. The predicted molar refractivity (Wildman–Crippen MR) is 110 cm³/mol. The van der Waals surface area contributed by atoms with E-state index in [1.807, 2.05) is 0 Å². The molecule has 2 aliphatic rings. The van der Waals surface area contributed by atoms with Crippen molar-refractivity contribution in [2.24, 2.45) is 0 Å². The summed E-state index contributed by atoms with van der Waals surface area (Å²) in [5.41, 5.74) is 0.730. The summed E-state index contributed by atoms with van der Waals surface area (Å²) >= 11 is 0.829. The van der Waals surface area contributed by atoms with E-state index in [4.69, 9.17) is 4.74 Å². The van der Waals surface area contributed by atoms with Gasteiger partial charge in [-0.1, -0.05) is 12.1 Å². The van der Waals surface area contributed by atoms with Gasteiger partial charge in [0.05, 0.1) is 23.5 Å². The molecule has 10 heteroatoms. The minimum Gasteiger partial charge on any atom is -0.497 e. The lowest BCUT2D eigenvalue weighted by molar-refractivity contribution is -0.132. The number of sulfone groups is 1. The van der Waals surface area contributed by atoms with E-state index in [9.17, 15) is 22.8 Å². The maximum atomic E-state index is 12.6. The highest BCUT2D eigenvalue weighted by Crippen LogP contribution is 2.32. The van der Waals surface area contributed by atoms with Crippen LogP contribution in [0.5, 0.6) is 5.75 Å². The molecular formula is C19H22N2O6S2. The molecule has 8 nitrogen and oxygen atoms in total. The molecule has 2 aliphatic heterocycles. The van der Waals surface area contributed by atoms with Crippen LogP contribution in [0, 0.1) is 0 Å². The Balaban J connectivity index is 1.61. The lowest BCUT2D eigenvalue weighted by Crippen LogP contribution is -2.40.